The molecule has 2 amide bonds. The van der Waals surface area contributed by atoms with Crippen LogP contribution in [0.5, 0.6) is 0 Å². The molecule has 4 rings (SSSR count). The molecule has 160 valence electrons. The second-order valence-electron chi connectivity index (χ2n) is 7.47. The molecule has 0 bridgehead atoms. The third-order valence-corrected chi connectivity index (χ3v) is 5.20. The lowest BCUT2D eigenvalue weighted by molar-refractivity contribution is -0.119. The average Bonchev–Trinajstić information content (AvgIpc) is 3.41. The number of carbonyl (C=O) groups excluding carboxylic acids is 2. The van der Waals surface area contributed by atoms with Gasteiger partial charge >= 0.3 is 6.09 Å². The zero-order valence-corrected chi connectivity index (χ0v) is 17.1. The number of nitrogens with zero attached hydrogens (tertiary/aromatic N) is 3. The molecule has 1 saturated heterocycles. The summed E-state index contributed by atoms with van der Waals surface area (Å²) in [5, 5.41) is 2.62. The number of carbonyl (C=O) groups is 2. The van der Waals surface area contributed by atoms with E-state index in [0.29, 0.717) is 11.3 Å². The average molecular weight is 422 g/mol. The number of benzene rings is 2. The molecule has 0 saturated carbocycles. The summed E-state index contributed by atoms with van der Waals surface area (Å²) >= 11 is 0. The molecule has 1 aromatic heterocycles. The van der Waals surface area contributed by atoms with Gasteiger partial charge in [0.25, 0.3) is 0 Å². The van der Waals surface area contributed by atoms with Crippen LogP contribution in [-0.4, -0.2) is 40.7 Å². The number of imidazole rings is 1. The fourth-order valence-electron chi connectivity index (χ4n) is 3.53. The van der Waals surface area contributed by atoms with E-state index in [0.717, 1.165) is 24.1 Å². The van der Waals surface area contributed by atoms with Crippen LogP contribution >= 0.6 is 0 Å². The van der Waals surface area contributed by atoms with Gasteiger partial charge in [0.15, 0.2) is 0 Å². The molecule has 3 aromatic rings. The van der Waals surface area contributed by atoms with E-state index in [1.54, 1.807) is 24.7 Å². The van der Waals surface area contributed by atoms with E-state index in [1.165, 1.54) is 17.9 Å². The van der Waals surface area contributed by atoms with Crippen molar-refractivity contribution in [2.75, 3.05) is 18.0 Å². The zero-order chi connectivity index (χ0) is 21.8. The van der Waals surface area contributed by atoms with E-state index in [1.807, 2.05) is 35.0 Å². The molecular weight excluding hydrogens is 399 g/mol. The largest absolute Gasteiger partial charge is 0.442 e. The highest BCUT2D eigenvalue weighted by atomic mass is 19.1. The minimum Gasteiger partial charge on any atom is -0.442 e. The van der Waals surface area contributed by atoms with Crippen LogP contribution in [0.4, 0.5) is 14.9 Å². The van der Waals surface area contributed by atoms with Crippen LogP contribution in [0.15, 0.2) is 61.2 Å². The van der Waals surface area contributed by atoms with Crippen molar-refractivity contribution in [3.8, 4) is 11.1 Å². The van der Waals surface area contributed by atoms with E-state index in [4.69, 9.17) is 4.74 Å². The van der Waals surface area contributed by atoms with Gasteiger partial charge in [-0.15, -0.1) is 0 Å². The van der Waals surface area contributed by atoms with Crippen molar-refractivity contribution in [3.63, 3.8) is 0 Å². The summed E-state index contributed by atoms with van der Waals surface area (Å²) < 4.78 is 22.1. The van der Waals surface area contributed by atoms with Crippen LogP contribution in [0.1, 0.15) is 12.5 Å². The molecule has 1 aliphatic rings. The van der Waals surface area contributed by atoms with Crippen LogP contribution in [0, 0.1) is 5.82 Å². The first-order valence-corrected chi connectivity index (χ1v) is 10.1. The van der Waals surface area contributed by atoms with Crippen LogP contribution in [0.25, 0.3) is 11.1 Å². The van der Waals surface area contributed by atoms with E-state index in [9.17, 15) is 14.0 Å². The Kier molecular flexibility index (Phi) is 5.97. The first-order valence-electron chi connectivity index (χ1n) is 10.1. The lowest BCUT2D eigenvalue weighted by Gasteiger charge is -2.15. The van der Waals surface area contributed by atoms with E-state index < -0.39 is 18.0 Å². The van der Waals surface area contributed by atoms with Gasteiger partial charge in [-0.05, 0) is 35.7 Å². The highest BCUT2D eigenvalue weighted by Gasteiger charge is 2.32. The number of nitrogens with one attached hydrogen (secondary N) is 1. The summed E-state index contributed by atoms with van der Waals surface area (Å²) in [5.74, 6) is -0.612. The number of hydrogen-bond acceptors (Lipinski definition) is 4. The van der Waals surface area contributed by atoms with Gasteiger partial charge in [-0.1, -0.05) is 24.3 Å². The minimum atomic E-state index is -0.551. The summed E-state index contributed by atoms with van der Waals surface area (Å²) in [6.07, 6.45) is 5.29. The maximum absolute atomic E-state index is 14.9. The number of aryl methyl sites for hydroxylation is 2. The highest BCUT2D eigenvalue weighted by Crippen LogP contribution is 2.29. The normalized spacial score (nSPS) is 15.7. The van der Waals surface area contributed by atoms with Gasteiger partial charge in [-0.3, -0.25) is 9.69 Å². The number of halogens is 1. The number of rotatable bonds is 7. The Labute approximate surface area is 179 Å². The van der Waals surface area contributed by atoms with Gasteiger partial charge in [-0.25, -0.2) is 14.2 Å². The minimum absolute atomic E-state index is 0.197. The Balaban J connectivity index is 1.42. The van der Waals surface area contributed by atoms with E-state index >= 15 is 0 Å². The molecule has 1 fully saturated rings. The first kappa shape index (κ1) is 20.6. The van der Waals surface area contributed by atoms with Gasteiger partial charge in [0.2, 0.25) is 5.91 Å². The van der Waals surface area contributed by atoms with E-state index in [-0.39, 0.29) is 19.0 Å². The maximum atomic E-state index is 14.9. The van der Waals surface area contributed by atoms with Crippen LogP contribution < -0.4 is 10.2 Å². The molecule has 2 aromatic carbocycles. The van der Waals surface area contributed by atoms with Crippen molar-refractivity contribution >= 4 is 17.7 Å². The number of aromatic nitrogens is 2. The van der Waals surface area contributed by atoms with Gasteiger partial charge < -0.3 is 14.6 Å². The van der Waals surface area contributed by atoms with Crippen LogP contribution in [0.2, 0.25) is 0 Å². The number of anilines is 1. The van der Waals surface area contributed by atoms with Gasteiger partial charge in [-0.2, -0.15) is 0 Å². The standard InChI is InChI=1S/C23H23FN4O3/c1-16(29)26-13-20-14-28(23(30)31-20)19-6-7-21(22(24)12-19)18-4-2-17(3-5-18)8-10-27-11-9-25-15-27/h2-7,9,11-12,15,20H,8,10,13-14H2,1H3,(H,26,29). The Bertz CT molecular complexity index is 1070. The third-order valence-electron chi connectivity index (χ3n) is 5.20. The molecule has 8 heteroatoms. The molecule has 1 atom stereocenters. The fraction of sp³-hybridized carbons (Fsp3) is 0.261. The lowest BCUT2D eigenvalue weighted by Crippen LogP contribution is -2.33. The third kappa shape index (κ3) is 4.91. The van der Waals surface area contributed by atoms with Gasteiger partial charge in [0, 0.05) is 31.4 Å². The Morgan fingerprint density at radius 2 is 2.06 bits per heavy atom. The molecule has 2 heterocycles. The Morgan fingerprint density at radius 3 is 2.74 bits per heavy atom. The second-order valence-corrected chi connectivity index (χ2v) is 7.47. The second kappa shape index (κ2) is 8.99. The predicted molar refractivity (Wildman–Crippen MR) is 114 cm³/mol. The highest BCUT2D eigenvalue weighted by molar-refractivity contribution is 5.90. The lowest BCUT2D eigenvalue weighted by atomic mass is 10.0. The molecule has 31 heavy (non-hydrogen) atoms. The monoisotopic (exact) mass is 422 g/mol. The number of cyclic esters (lactones) is 1. The zero-order valence-electron chi connectivity index (χ0n) is 17.1. The molecule has 1 unspecified atom stereocenters. The summed E-state index contributed by atoms with van der Waals surface area (Å²) in [6.45, 7) is 2.71. The number of amides is 2. The first-order chi connectivity index (χ1) is 15.0. The Morgan fingerprint density at radius 1 is 1.26 bits per heavy atom. The SMILES string of the molecule is CC(=O)NCC1CN(c2ccc(-c3ccc(CCn4ccnc4)cc3)c(F)c2)C(=O)O1. The van der Waals surface area contributed by atoms with Crippen molar-refractivity contribution < 1.29 is 18.7 Å². The van der Waals surface area contributed by atoms with Gasteiger partial charge in [0.1, 0.15) is 11.9 Å². The molecule has 0 spiro atoms. The fourth-order valence-corrected chi connectivity index (χ4v) is 3.53. The van der Waals surface area contributed by atoms with Crippen molar-refractivity contribution in [2.45, 2.75) is 26.0 Å². The van der Waals surface area contributed by atoms with Crippen LogP contribution in [0.3, 0.4) is 0 Å². The van der Waals surface area contributed by atoms with Crippen molar-refractivity contribution in [3.05, 3.63) is 72.6 Å². The molecule has 0 aliphatic carbocycles. The molecular formula is C23H23FN4O3. The number of ether oxygens (including phenoxy) is 1. The summed E-state index contributed by atoms with van der Waals surface area (Å²) in [4.78, 5) is 28.6. The quantitative estimate of drug-likeness (QED) is 0.633. The van der Waals surface area contributed by atoms with Crippen molar-refractivity contribution in [2.24, 2.45) is 0 Å². The number of hydrogen-bond donors (Lipinski definition) is 1. The van der Waals surface area contributed by atoms with Gasteiger partial charge in [0.05, 0.1) is 25.1 Å². The molecule has 0 radical (unpaired) electrons. The molecule has 1 N–H and O–H groups in total. The summed E-state index contributed by atoms with van der Waals surface area (Å²) in [6, 6.07) is 12.5. The van der Waals surface area contributed by atoms with Crippen LogP contribution in [-0.2, 0) is 22.5 Å². The predicted octanol–water partition coefficient (Wildman–Crippen LogP) is 3.39. The summed E-state index contributed by atoms with van der Waals surface area (Å²) in [5.41, 5.74) is 2.81. The van der Waals surface area contributed by atoms with E-state index in [2.05, 4.69) is 10.3 Å². The van der Waals surface area contributed by atoms with Crippen molar-refractivity contribution in [1.29, 1.82) is 0 Å². The smallest absolute Gasteiger partial charge is 0.414 e. The Hall–Kier alpha value is -3.68. The molecule has 1 aliphatic heterocycles. The van der Waals surface area contributed by atoms with Crippen molar-refractivity contribution in [1.82, 2.24) is 14.9 Å². The molecule has 7 nitrogen and oxygen atoms in total. The summed E-state index contributed by atoms with van der Waals surface area (Å²) in [7, 11) is 0. The maximum Gasteiger partial charge on any atom is 0.414 e. The topological polar surface area (TPSA) is 76.5 Å².